The summed E-state index contributed by atoms with van der Waals surface area (Å²) < 4.78 is 2.02. The van der Waals surface area contributed by atoms with E-state index in [1.807, 2.05) is 39.8 Å². The molecule has 7 heteroatoms. The quantitative estimate of drug-likeness (QED) is 0.767. The summed E-state index contributed by atoms with van der Waals surface area (Å²) >= 11 is 0. The maximum absolute atomic E-state index is 12.4. The molecule has 0 aliphatic carbocycles. The Bertz CT molecular complexity index is 945. The standard InChI is InChI=1S/C20H21N5O2/c26-18(14-21-20(27)16-6-2-1-3-7-16)24-12-9-15(10-13-24)19-23-22-17-8-4-5-11-25(17)19/h1-8,11,15H,9-10,12-14H2,(H,21,27). The van der Waals surface area contributed by atoms with Crippen LogP contribution in [0.1, 0.15) is 34.9 Å². The minimum atomic E-state index is -0.228. The molecule has 2 aromatic heterocycles. The first-order valence-corrected chi connectivity index (χ1v) is 9.13. The molecule has 1 aliphatic rings. The van der Waals surface area contributed by atoms with Crippen LogP contribution in [0.5, 0.6) is 0 Å². The van der Waals surface area contributed by atoms with Crippen LogP contribution >= 0.6 is 0 Å². The Morgan fingerprint density at radius 2 is 1.74 bits per heavy atom. The van der Waals surface area contributed by atoms with Gasteiger partial charge in [0, 0.05) is 30.8 Å². The van der Waals surface area contributed by atoms with Crippen molar-refractivity contribution in [3.63, 3.8) is 0 Å². The second-order valence-corrected chi connectivity index (χ2v) is 6.69. The van der Waals surface area contributed by atoms with Crippen molar-refractivity contribution < 1.29 is 9.59 Å². The van der Waals surface area contributed by atoms with E-state index >= 15 is 0 Å². The predicted octanol–water partition coefficient (Wildman–Crippen LogP) is 1.87. The van der Waals surface area contributed by atoms with Gasteiger partial charge in [0.05, 0.1) is 6.54 Å². The fourth-order valence-corrected chi connectivity index (χ4v) is 3.48. The first kappa shape index (κ1) is 17.2. The van der Waals surface area contributed by atoms with Gasteiger partial charge in [-0.3, -0.25) is 14.0 Å². The number of carbonyl (C=O) groups excluding carboxylic acids is 2. The Balaban J connectivity index is 1.31. The molecule has 1 fully saturated rings. The number of pyridine rings is 1. The highest BCUT2D eigenvalue weighted by Crippen LogP contribution is 2.27. The molecular weight excluding hydrogens is 342 g/mol. The summed E-state index contributed by atoms with van der Waals surface area (Å²) in [6, 6.07) is 14.8. The van der Waals surface area contributed by atoms with E-state index in [-0.39, 0.29) is 24.3 Å². The van der Waals surface area contributed by atoms with Crippen molar-refractivity contribution in [3.05, 3.63) is 66.1 Å². The highest BCUT2D eigenvalue weighted by Gasteiger charge is 2.26. The number of likely N-dealkylation sites (tertiary alicyclic amines) is 1. The van der Waals surface area contributed by atoms with Gasteiger partial charge in [-0.05, 0) is 37.1 Å². The number of amides is 2. The Hall–Kier alpha value is -3.22. The van der Waals surface area contributed by atoms with Crippen LogP contribution in [0, 0.1) is 0 Å². The van der Waals surface area contributed by atoms with Gasteiger partial charge in [-0.25, -0.2) is 0 Å². The molecule has 1 aliphatic heterocycles. The lowest BCUT2D eigenvalue weighted by Crippen LogP contribution is -2.43. The first-order chi connectivity index (χ1) is 13.2. The summed E-state index contributed by atoms with van der Waals surface area (Å²) in [7, 11) is 0. The molecule has 138 valence electrons. The summed E-state index contributed by atoms with van der Waals surface area (Å²) in [5.41, 5.74) is 1.40. The number of fused-ring (bicyclic) bond motifs is 1. The predicted molar refractivity (Wildman–Crippen MR) is 100 cm³/mol. The third-order valence-corrected chi connectivity index (χ3v) is 4.99. The lowest BCUT2D eigenvalue weighted by atomic mass is 9.96. The van der Waals surface area contributed by atoms with Crippen LogP contribution in [0.15, 0.2) is 54.7 Å². The van der Waals surface area contributed by atoms with Crippen molar-refractivity contribution in [2.45, 2.75) is 18.8 Å². The lowest BCUT2D eigenvalue weighted by Gasteiger charge is -2.31. The summed E-state index contributed by atoms with van der Waals surface area (Å²) in [5.74, 6) is 0.957. The average molecular weight is 363 g/mol. The highest BCUT2D eigenvalue weighted by atomic mass is 16.2. The maximum atomic E-state index is 12.4. The SMILES string of the molecule is O=C(NCC(=O)N1CCC(c2nnc3ccccn23)CC1)c1ccccc1. The number of piperidine rings is 1. The average Bonchev–Trinajstić information content (AvgIpc) is 3.16. The number of nitrogens with zero attached hydrogens (tertiary/aromatic N) is 4. The van der Waals surface area contributed by atoms with E-state index < -0.39 is 0 Å². The summed E-state index contributed by atoms with van der Waals surface area (Å²) in [6.45, 7) is 1.34. The van der Waals surface area contributed by atoms with Gasteiger partial charge >= 0.3 is 0 Å². The molecule has 3 aromatic rings. The van der Waals surface area contributed by atoms with Crippen LogP contribution in [0.2, 0.25) is 0 Å². The van der Waals surface area contributed by atoms with Crippen molar-refractivity contribution in [2.24, 2.45) is 0 Å². The Morgan fingerprint density at radius 1 is 1.00 bits per heavy atom. The molecule has 1 saturated heterocycles. The number of rotatable bonds is 4. The summed E-state index contributed by atoms with van der Waals surface area (Å²) in [4.78, 5) is 26.3. The van der Waals surface area contributed by atoms with Crippen LogP contribution in [-0.2, 0) is 4.79 Å². The zero-order valence-corrected chi connectivity index (χ0v) is 14.9. The lowest BCUT2D eigenvalue weighted by molar-refractivity contribution is -0.131. The molecule has 4 rings (SSSR count). The van der Waals surface area contributed by atoms with Crippen LogP contribution in [-0.4, -0.2) is 50.9 Å². The molecule has 1 N–H and O–H groups in total. The molecule has 3 heterocycles. The van der Waals surface area contributed by atoms with E-state index in [0.29, 0.717) is 18.7 Å². The molecule has 0 atom stereocenters. The maximum Gasteiger partial charge on any atom is 0.251 e. The van der Waals surface area contributed by atoms with E-state index in [2.05, 4.69) is 15.5 Å². The third kappa shape index (κ3) is 3.67. The van der Waals surface area contributed by atoms with Crippen molar-refractivity contribution in [1.82, 2.24) is 24.8 Å². The van der Waals surface area contributed by atoms with Crippen LogP contribution < -0.4 is 5.32 Å². The van der Waals surface area contributed by atoms with Gasteiger partial charge in [0.1, 0.15) is 5.82 Å². The van der Waals surface area contributed by atoms with Crippen molar-refractivity contribution >= 4 is 17.5 Å². The monoisotopic (exact) mass is 363 g/mol. The van der Waals surface area contributed by atoms with Gasteiger partial charge in [0.2, 0.25) is 5.91 Å². The fraction of sp³-hybridized carbons (Fsp3) is 0.300. The summed E-state index contributed by atoms with van der Waals surface area (Å²) in [5, 5.41) is 11.2. The second-order valence-electron chi connectivity index (χ2n) is 6.69. The highest BCUT2D eigenvalue weighted by molar-refractivity contribution is 5.96. The summed E-state index contributed by atoms with van der Waals surface area (Å²) in [6.07, 6.45) is 3.66. The number of hydrogen-bond acceptors (Lipinski definition) is 4. The molecule has 0 unspecified atom stereocenters. The molecule has 2 amide bonds. The second kappa shape index (κ2) is 7.57. The zero-order valence-electron chi connectivity index (χ0n) is 14.9. The van der Waals surface area contributed by atoms with Crippen LogP contribution in [0.25, 0.3) is 5.65 Å². The number of benzene rings is 1. The third-order valence-electron chi connectivity index (χ3n) is 4.99. The molecule has 7 nitrogen and oxygen atoms in total. The fourth-order valence-electron chi connectivity index (χ4n) is 3.48. The Kier molecular flexibility index (Phi) is 4.82. The Morgan fingerprint density at radius 3 is 2.52 bits per heavy atom. The van der Waals surface area contributed by atoms with E-state index in [1.165, 1.54) is 0 Å². The van der Waals surface area contributed by atoms with Crippen molar-refractivity contribution in [2.75, 3.05) is 19.6 Å². The van der Waals surface area contributed by atoms with Gasteiger partial charge < -0.3 is 10.2 Å². The van der Waals surface area contributed by atoms with Gasteiger partial charge in [0.15, 0.2) is 5.65 Å². The first-order valence-electron chi connectivity index (χ1n) is 9.13. The molecular formula is C20H21N5O2. The van der Waals surface area contributed by atoms with Crippen molar-refractivity contribution in [1.29, 1.82) is 0 Å². The smallest absolute Gasteiger partial charge is 0.251 e. The number of nitrogens with one attached hydrogen (secondary N) is 1. The molecule has 0 spiro atoms. The number of aromatic nitrogens is 3. The number of hydrogen-bond donors (Lipinski definition) is 1. The van der Waals surface area contributed by atoms with Gasteiger partial charge in [0.25, 0.3) is 5.91 Å². The number of carbonyl (C=O) groups is 2. The zero-order chi connectivity index (χ0) is 18.6. The van der Waals surface area contributed by atoms with E-state index in [1.54, 1.807) is 24.3 Å². The molecule has 0 saturated carbocycles. The molecule has 0 bridgehead atoms. The molecule has 1 aromatic carbocycles. The van der Waals surface area contributed by atoms with E-state index in [0.717, 1.165) is 24.3 Å². The minimum Gasteiger partial charge on any atom is -0.343 e. The van der Waals surface area contributed by atoms with Gasteiger partial charge in [-0.2, -0.15) is 0 Å². The van der Waals surface area contributed by atoms with E-state index in [9.17, 15) is 9.59 Å². The van der Waals surface area contributed by atoms with Crippen molar-refractivity contribution in [3.8, 4) is 0 Å². The van der Waals surface area contributed by atoms with Gasteiger partial charge in [-0.15, -0.1) is 10.2 Å². The normalized spacial score (nSPS) is 15.0. The van der Waals surface area contributed by atoms with Crippen LogP contribution in [0.4, 0.5) is 0 Å². The minimum absolute atomic E-state index is 0.0201. The van der Waals surface area contributed by atoms with E-state index in [4.69, 9.17) is 0 Å². The molecule has 0 radical (unpaired) electrons. The van der Waals surface area contributed by atoms with Crippen LogP contribution in [0.3, 0.4) is 0 Å². The van der Waals surface area contributed by atoms with Gasteiger partial charge in [-0.1, -0.05) is 24.3 Å². The Labute approximate surface area is 157 Å². The molecule has 27 heavy (non-hydrogen) atoms. The largest absolute Gasteiger partial charge is 0.343 e. The topological polar surface area (TPSA) is 79.6 Å².